The molecule has 130 valence electrons. The van der Waals surface area contributed by atoms with E-state index in [4.69, 9.17) is 0 Å². The van der Waals surface area contributed by atoms with Gasteiger partial charge in [0.15, 0.2) is 5.96 Å². The molecule has 0 atom stereocenters. The Hall–Kier alpha value is -1.95. The Kier molecular flexibility index (Phi) is 7.68. The number of rotatable bonds is 8. The van der Waals surface area contributed by atoms with Gasteiger partial charge in [-0.25, -0.2) is 9.37 Å². The van der Waals surface area contributed by atoms with Gasteiger partial charge in [0.2, 0.25) is 0 Å². The van der Waals surface area contributed by atoms with Crippen LogP contribution in [0.2, 0.25) is 0 Å². The third-order valence-electron chi connectivity index (χ3n) is 3.47. The van der Waals surface area contributed by atoms with Crippen molar-refractivity contribution in [1.82, 2.24) is 15.6 Å². The Bertz CT molecular complexity index is 654. The molecule has 1 aromatic carbocycles. The Morgan fingerprint density at radius 3 is 2.88 bits per heavy atom. The van der Waals surface area contributed by atoms with Gasteiger partial charge in [0.25, 0.3) is 0 Å². The average molecular weight is 348 g/mol. The first-order valence-corrected chi connectivity index (χ1v) is 9.23. The largest absolute Gasteiger partial charge is 0.357 e. The Morgan fingerprint density at radius 2 is 2.17 bits per heavy atom. The molecule has 0 radical (unpaired) electrons. The highest BCUT2D eigenvalue weighted by molar-refractivity contribution is 7.09. The highest BCUT2D eigenvalue weighted by Crippen LogP contribution is 2.08. The van der Waals surface area contributed by atoms with Gasteiger partial charge >= 0.3 is 0 Å². The van der Waals surface area contributed by atoms with Crippen LogP contribution in [-0.2, 0) is 12.8 Å². The van der Waals surface area contributed by atoms with Crippen molar-refractivity contribution in [2.45, 2.75) is 33.1 Å². The molecule has 0 spiro atoms. The van der Waals surface area contributed by atoms with Crippen molar-refractivity contribution in [2.24, 2.45) is 4.99 Å². The fourth-order valence-corrected chi connectivity index (χ4v) is 2.99. The fraction of sp³-hybridized carbons (Fsp3) is 0.444. The SMILES string of the molecule is CCNC(=NCCCc1cccc(F)c1)NCCc1csc(C)n1. The molecule has 2 rings (SSSR count). The molecule has 0 aliphatic carbocycles. The highest BCUT2D eigenvalue weighted by Gasteiger charge is 2.01. The lowest BCUT2D eigenvalue weighted by molar-refractivity contribution is 0.624. The first-order chi connectivity index (χ1) is 11.7. The van der Waals surface area contributed by atoms with Crippen molar-refractivity contribution in [3.63, 3.8) is 0 Å². The zero-order valence-electron chi connectivity index (χ0n) is 14.3. The van der Waals surface area contributed by atoms with Crippen molar-refractivity contribution in [1.29, 1.82) is 0 Å². The number of hydrogen-bond acceptors (Lipinski definition) is 3. The minimum Gasteiger partial charge on any atom is -0.357 e. The van der Waals surface area contributed by atoms with Crippen LogP contribution in [0.5, 0.6) is 0 Å². The molecule has 1 aromatic heterocycles. The minimum absolute atomic E-state index is 0.178. The molecule has 0 aliphatic rings. The van der Waals surface area contributed by atoms with Gasteiger partial charge in [-0.15, -0.1) is 11.3 Å². The number of benzene rings is 1. The van der Waals surface area contributed by atoms with Crippen molar-refractivity contribution in [3.05, 3.63) is 51.7 Å². The maximum Gasteiger partial charge on any atom is 0.191 e. The molecule has 2 aromatic rings. The van der Waals surface area contributed by atoms with E-state index in [2.05, 4.69) is 26.0 Å². The maximum absolute atomic E-state index is 13.1. The molecule has 1 heterocycles. The number of nitrogens with one attached hydrogen (secondary N) is 2. The van der Waals surface area contributed by atoms with Gasteiger partial charge in [-0.2, -0.15) is 0 Å². The molecule has 4 nitrogen and oxygen atoms in total. The number of aryl methyl sites for hydroxylation is 2. The first kappa shape index (κ1) is 18.4. The van der Waals surface area contributed by atoms with E-state index in [1.165, 1.54) is 6.07 Å². The monoisotopic (exact) mass is 348 g/mol. The maximum atomic E-state index is 13.1. The molecule has 6 heteroatoms. The molecule has 2 N–H and O–H groups in total. The van der Waals surface area contributed by atoms with E-state index >= 15 is 0 Å². The predicted octanol–water partition coefficient (Wildman–Crippen LogP) is 3.32. The summed E-state index contributed by atoms with van der Waals surface area (Å²) in [6.45, 7) is 6.41. The second-order valence-electron chi connectivity index (χ2n) is 5.53. The average Bonchev–Trinajstić information content (AvgIpc) is 2.97. The Labute approximate surface area is 147 Å². The topological polar surface area (TPSA) is 49.3 Å². The van der Waals surface area contributed by atoms with Crippen LogP contribution >= 0.6 is 11.3 Å². The molecule has 0 bridgehead atoms. The highest BCUT2D eigenvalue weighted by atomic mass is 32.1. The summed E-state index contributed by atoms with van der Waals surface area (Å²) in [5, 5.41) is 9.77. The van der Waals surface area contributed by atoms with Crippen LogP contribution in [0.4, 0.5) is 4.39 Å². The number of hydrogen-bond donors (Lipinski definition) is 2. The van der Waals surface area contributed by atoms with E-state index in [-0.39, 0.29) is 5.82 Å². The molecule has 0 amide bonds. The molecule has 24 heavy (non-hydrogen) atoms. The minimum atomic E-state index is -0.178. The number of guanidine groups is 1. The van der Waals surface area contributed by atoms with E-state index < -0.39 is 0 Å². The number of nitrogens with zero attached hydrogens (tertiary/aromatic N) is 2. The van der Waals surface area contributed by atoms with Crippen LogP contribution in [0.3, 0.4) is 0 Å². The lowest BCUT2D eigenvalue weighted by Crippen LogP contribution is -2.38. The van der Waals surface area contributed by atoms with E-state index in [0.717, 1.165) is 54.6 Å². The summed E-state index contributed by atoms with van der Waals surface area (Å²) in [6.07, 6.45) is 2.61. The number of thiazole rings is 1. The van der Waals surface area contributed by atoms with Gasteiger partial charge < -0.3 is 10.6 Å². The van der Waals surface area contributed by atoms with Crippen LogP contribution in [0.15, 0.2) is 34.6 Å². The van der Waals surface area contributed by atoms with Crippen LogP contribution in [-0.4, -0.2) is 30.6 Å². The van der Waals surface area contributed by atoms with E-state index in [1.54, 1.807) is 23.5 Å². The molecule has 0 saturated heterocycles. The van der Waals surface area contributed by atoms with Crippen LogP contribution < -0.4 is 10.6 Å². The smallest absolute Gasteiger partial charge is 0.191 e. The summed E-state index contributed by atoms with van der Waals surface area (Å²) >= 11 is 1.68. The second kappa shape index (κ2) is 10.0. The molecule has 0 saturated carbocycles. The van der Waals surface area contributed by atoms with Crippen LogP contribution in [0.1, 0.15) is 29.6 Å². The zero-order valence-corrected chi connectivity index (χ0v) is 15.1. The summed E-state index contributed by atoms with van der Waals surface area (Å²) in [4.78, 5) is 9.03. The standard InChI is InChI=1S/C18H25FN4S/c1-3-20-18(22-11-9-17-13-24-14(2)23-17)21-10-5-7-15-6-4-8-16(19)12-15/h4,6,8,12-13H,3,5,7,9-11H2,1-2H3,(H2,20,21,22). The summed E-state index contributed by atoms with van der Waals surface area (Å²) in [7, 11) is 0. The molecule has 0 fully saturated rings. The predicted molar refractivity (Wildman–Crippen MR) is 99.3 cm³/mol. The van der Waals surface area contributed by atoms with E-state index in [9.17, 15) is 4.39 Å². The normalized spacial score (nSPS) is 11.5. The van der Waals surface area contributed by atoms with Crippen LogP contribution in [0, 0.1) is 12.7 Å². The Morgan fingerprint density at radius 1 is 1.29 bits per heavy atom. The lowest BCUT2D eigenvalue weighted by Gasteiger charge is -2.10. The summed E-state index contributed by atoms with van der Waals surface area (Å²) < 4.78 is 13.1. The lowest BCUT2D eigenvalue weighted by atomic mass is 10.1. The van der Waals surface area contributed by atoms with Gasteiger partial charge in [-0.3, -0.25) is 4.99 Å². The Balaban J connectivity index is 1.73. The van der Waals surface area contributed by atoms with Crippen LogP contribution in [0.25, 0.3) is 0 Å². The van der Waals surface area contributed by atoms with Crippen molar-refractivity contribution in [3.8, 4) is 0 Å². The summed E-state index contributed by atoms with van der Waals surface area (Å²) in [6, 6.07) is 6.76. The number of halogens is 1. The quantitative estimate of drug-likeness (QED) is 0.437. The zero-order chi connectivity index (χ0) is 17.2. The first-order valence-electron chi connectivity index (χ1n) is 8.35. The van der Waals surface area contributed by atoms with Crippen molar-refractivity contribution in [2.75, 3.05) is 19.6 Å². The van der Waals surface area contributed by atoms with Gasteiger partial charge in [-0.05, 0) is 44.4 Å². The summed E-state index contributed by atoms with van der Waals surface area (Å²) in [5.74, 6) is 0.645. The number of aliphatic imine (C=N–C) groups is 1. The number of aromatic nitrogens is 1. The van der Waals surface area contributed by atoms with Crippen molar-refractivity contribution < 1.29 is 4.39 Å². The second-order valence-corrected chi connectivity index (χ2v) is 6.59. The molecule has 0 aliphatic heterocycles. The van der Waals surface area contributed by atoms with Gasteiger partial charge in [-0.1, -0.05) is 12.1 Å². The van der Waals surface area contributed by atoms with E-state index in [1.807, 2.05) is 19.9 Å². The molecular formula is C18H25FN4S. The van der Waals surface area contributed by atoms with Crippen molar-refractivity contribution >= 4 is 17.3 Å². The van der Waals surface area contributed by atoms with Gasteiger partial charge in [0, 0.05) is 31.4 Å². The van der Waals surface area contributed by atoms with Gasteiger partial charge in [0.1, 0.15) is 5.82 Å². The molecular weight excluding hydrogens is 323 g/mol. The third kappa shape index (κ3) is 6.66. The van der Waals surface area contributed by atoms with E-state index in [0.29, 0.717) is 6.54 Å². The fourth-order valence-electron chi connectivity index (χ4n) is 2.34. The third-order valence-corrected chi connectivity index (χ3v) is 4.29. The van der Waals surface area contributed by atoms with Gasteiger partial charge in [0.05, 0.1) is 10.7 Å². The molecule has 0 unspecified atom stereocenters. The summed E-state index contributed by atoms with van der Waals surface area (Å²) in [5.41, 5.74) is 2.13.